The van der Waals surface area contributed by atoms with Gasteiger partial charge in [-0.2, -0.15) is 12.1 Å². The summed E-state index contributed by atoms with van der Waals surface area (Å²) in [5.41, 5.74) is -0.0402. The van der Waals surface area contributed by atoms with E-state index in [1.807, 2.05) is 12.1 Å². The van der Waals surface area contributed by atoms with Crippen LogP contribution < -0.4 is 0 Å². The van der Waals surface area contributed by atoms with Gasteiger partial charge in [0.1, 0.15) is 11.6 Å². The predicted octanol–water partition coefficient (Wildman–Crippen LogP) is 7.95. The minimum absolute atomic E-state index is 0. The molecule has 0 unspecified atom stereocenters. The van der Waals surface area contributed by atoms with Gasteiger partial charge in [-0.05, 0) is 25.7 Å². The monoisotopic (exact) mass is 524 g/mol. The summed E-state index contributed by atoms with van der Waals surface area (Å²) in [5, 5.41) is 0. The second-order valence-corrected chi connectivity index (χ2v) is 8.47. The molecule has 2 nitrogen and oxygen atoms in total. The molecule has 2 aliphatic rings. The Labute approximate surface area is 221 Å². The zero-order chi connectivity index (χ0) is 23.1. The Hall–Kier alpha value is -1.79. The number of carbonyl (C=O) groups excluding carboxylic acids is 2. The molecule has 2 aromatic carbocycles. The van der Waals surface area contributed by atoms with E-state index in [0.717, 1.165) is 76.3 Å². The molecule has 0 aliphatic heterocycles. The van der Waals surface area contributed by atoms with Gasteiger partial charge in [-0.3, -0.25) is 0 Å². The van der Waals surface area contributed by atoms with E-state index in [1.165, 1.54) is 12.1 Å². The summed E-state index contributed by atoms with van der Waals surface area (Å²) >= 11 is 0. The van der Waals surface area contributed by atoms with Crippen LogP contribution in [0.15, 0.2) is 24.3 Å². The van der Waals surface area contributed by atoms with Crippen LogP contribution in [-0.2, 0) is 21.7 Å². The van der Waals surface area contributed by atoms with Crippen LogP contribution in [-0.4, -0.2) is 11.6 Å². The van der Waals surface area contributed by atoms with Crippen molar-refractivity contribution in [1.82, 2.24) is 0 Å². The molecular weight excluding hydrogens is 492 g/mol. The fourth-order valence-electron chi connectivity index (χ4n) is 4.44. The standard InChI is InChI=1S/2C13H13F2O.2CH3.Ti/c2*14-10-6-7-11(12(15)8-10)13(16)9-4-2-1-3-5-9;;;/h2*6-7,9H,1-5H2;2*1H3;/q4*-1;+4. The van der Waals surface area contributed by atoms with E-state index in [0.29, 0.717) is 0 Å². The van der Waals surface area contributed by atoms with Crippen LogP contribution in [0.25, 0.3) is 0 Å². The molecule has 4 rings (SSSR count). The average Bonchev–Trinajstić information content (AvgIpc) is 2.80. The van der Waals surface area contributed by atoms with Crippen LogP contribution >= 0.6 is 0 Å². The topological polar surface area (TPSA) is 34.1 Å². The summed E-state index contributed by atoms with van der Waals surface area (Å²) in [6, 6.07) is 8.41. The maximum Gasteiger partial charge on any atom is 4.00 e. The Morgan fingerprint density at radius 2 is 0.914 bits per heavy atom. The quantitative estimate of drug-likeness (QED) is 0.176. The molecule has 35 heavy (non-hydrogen) atoms. The Bertz CT molecular complexity index is 874. The summed E-state index contributed by atoms with van der Waals surface area (Å²) in [5.74, 6) is -3.85. The Morgan fingerprint density at radius 3 is 1.20 bits per heavy atom. The first-order chi connectivity index (χ1) is 15.4. The molecule has 0 amide bonds. The zero-order valence-electron chi connectivity index (χ0n) is 20.4. The molecule has 188 valence electrons. The second kappa shape index (κ2) is 16.1. The number of benzene rings is 2. The van der Waals surface area contributed by atoms with Gasteiger partial charge in [-0.15, -0.1) is 24.3 Å². The molecule has 7 heteroatoms. The van der Waals surface area contributed by atoms with Crippen molar-refractivity contribution in [2.75, 3.05) is 0 Å². The van der Waals surface area contributed by atoms with Gasteiger partial charge < -0.3 is 24.4 Å². The minimum Gasteiger partial charge on any atom is -0.358 e. The van der Waals surface area contributed by atoms with Gasteiger partial charge in [-0.1, -0.05) is 49.7 Å². The van der Waals surface area contributed by atoms with Gasteiger partial charge in [0.15, 0.2) is 0 Å². The Balaban J connectivity index is 0.000000608. The minimum atomic E-state index is -0.865. The zero-order valence-corrected chi connectivity index (χ0v) is 21.9. The molecule has 0 bridgehead atoms. The van der Waals surface area contributed by atoms with Crippen molar-refractivity contribution in [2.24, 2.45) is 11.8 Å². The third kappa shape index (κ3) is 9.31. The van der Waals surface area contributed by atoms with E-state index in [-0.39, 0.29) is 71.1 Å². The number of halogens is 4. The molecule has 0 N–H and O–H groups in total. The van der Waals surface area contributed by atoms with Crippen LogP contribution in [0.1, 0.15) is 84.9 Å². The number of hydrogen-bond acceptors (Lipinski definition) is 2. The first-order valence-corrected chi connectivity index (χ1v) is 11.2. The molecule has 0 radical (unpaired) electrons. The maximum atomic E-state index is 13.3. The van der Waals surface area contributed by atoms with E-state index in [9.17, 15) is 27.2 Å². The van der Waals surface area contributed by atoms with Gasteiger partial charge in [0.2, 0.25) is 0 Å². The van der Waals surface area contributed by atoms with Crippen molar-refractivity contribution in [2.45, 2.75) is 64.2 Å². The van der Waals surface area contributed by atoms with E-state index < -0.39 is 23.3 Å². The van der Waals surface area contributed by atoms with Crippen molar-refractivity contribution in [3.63, 3.8) is 0 Å². The van der Waals surface area contributed by atoms with Crippen molar-refractivity contribution in [1.29, 1.82) is 0 Å². The largest absolute Gasteiger partial charge is 4.00 e. The van der Waals surface area contributed by atoms with E-state index in [2.05, 4.69) is 0 Å². The van der Waals surface area contributed by atoms with Crippen molar-refractivity contribution >= 4 is 11.6 Å². The Kier molecular flexibility index (Phi) is 15.2. The van der Waals surface area contributed by atoms with Crippen LogP contribution in [0.5, 0.6) is 0 Å². The normalized spacial score (nSPS) is 15.9. The third-order valence-electron chi connectivity index (χ3n) is 6.21. The van der Waals surface area contributed by atoms with Gasteiger partial charge >= 0.3 is 21.7 Å². The van der Waals surface area contributed by atoms with Gasteiger partial charge in [0.25, 0.3) is 0 Å². The molecule has 0 aromatic heterocycles. The smallest absolute Gasteiger partial charge is 0.358 e. The molecule has 2 aromatic rings. The molecule has 0 spiro atoms. The van der Waals surface area contributed by atoms with Crippen LogP contribution in [0.4, 0.5) is 17.6 Å². The Morgan fingerprint density at radius 1 is 0.600 bits per heavy atom. The van der Waals surface area contributed by atoms with E-state index in [1.54, 1.807) is 0 Å². The van der Waals surface area contributed by atoms with Crippen LogP contribution in [0.2, 0.25) is 0 Å². The van der Waals surface area contributed by atoms with Crippen molar-refractivity contribution in [3.05, 3.63) is 85.6 Å². The number of Topliss-reactive ketones (excluding diaryl/α,β-unsaturated/α-hetero) is 2. The molecule has 0 atom stereocenters. The van der Waals surface area contributed by atoms with Gasteiger partial charge in [0.05, 0.1) is 0 Å². The number of rotatable bonds is 4. The number of carbonyl (C=O) groups is 2. The molecule has 0 heterocycles. The summed E-state index contributed by atoms with van der Waals surface area (Å²) < 4.78 is 52.0. The maximum absolute atomic E-state index is 13.3. The first-order valence-electron chi connectivity index (χ1n) is 11.2. The summed E-state index contributed by atoms with van der Waals surface area (Å²) in [6.07, 6.45) is 9.61. The number of ketones is 2. The van der Waals surface area contributed by atoms with Gasteiger partial charge in [0, 0.05) is 35.1 Å². The van der Waals surface area contributed by atoms with Crippen LogP contribution in [0, 0.1) is 62.1 Å². The van der Waals surface area contributed by atoms with Crippen LogP contribution in [0.3, 0.4) is 0 Å². The fraction of sp³-hybridized carbons (Fsp3) is 0.429. The average molecular weight is 524 g/mol. The second-order valence-electron chi connectivity index (χ2n) is 8.47. The molecular formula is C28H32F4O2Ti. The predicted molar refractivity (Wildman–Crippen MR) is 125 cm³/mol. The SMILES string of the molecule is O=C(c1ccc(F)[c-]c1F)C1CCCCC1.O=C(c1ccc(F)[c-]c1F)C1CCCCC1.[CH3-].[CH3-].[Ti+4]. The van der Waals surface area contributed by atoms with Crippen molar-refractivity contribution in [3.8, 4) is 0 Å². The molecule has 2 saturated carbocycles. The third-order valence-corrected chi connectivity index (χ3v) is 6.21. The fourth-order valence-corrected chi connectivity index (χ4v) is 4.44. The van der Waals surface area contributed by atoms with Gasteiger partial charge in [-0.25, -0.2) is 17.6 Å². The molecule has 0 saturated heterocycles. The van der Waals surface area contributed by atoms with E-state index >= 15 is 0 Å². The summed E-state index contributed by atoms with van der Waals surface area (Å²) in [6.45, 7) is 0. The van der Waals surface area contributed by atoms with Crippen molar-refractivity contribution < 1.29 is 48.9 Å². The number of hydrogen-bond donors (Lipinski definition) is 0. The molecule has 2 fully saturated rings. The molecule has 2 aliphatic carbocycles. The summed E-state index contributed by atoms with van der Waals surface area (Å²) in [7, 11) is 0. The summed E-state index contributed by atoms with van der Waals surface area (Å²) in [4.78, 5) is 23.9. The van der Waals surface area contributed by atoms with E-state index in [4.69, 9.17) is 0 Å². The first kappa shape index (κ1) is 33.2.